The van der Waals surface area contributed by atoms with Crippen molar-refractivity contribution in [2.75, 3.05) is 0 Å². The average Bonchev–Trinajstić information content (AvgIpc) is 2.30. The van der Waals surface area contributed by atoms with Gasteiger partial charge in [0.2, 0.25) is 0 Å². The van der Waals surface area contributed by atoms with Crippen LogP contribution < -0.4 is 0 Å². The molecule has 0 aromatic heterocycles. The summed E-state index contributed by atoms with van der Waals surface area (Å²) >= 11 is 0. The molecule has 4 heteroatoms. The molecular formula is C8H12N2O2. The first-order valence-electron chi connectivity index (χ1n) is 3.77. The predicted octanol–water partition coefficient (Wildman–Crippen LogP) is 1.84. The normalized spacial score (nSPS) is 22.6. The Morgan fingerprint density at radius 3 is 2.42 bits per heavy atom. The van der Waals surface area contributed by atoms with Crippen molar-refractivity contribution in [1.82, 2.24) is 0 Å². The number of hydrogen-bond acceptors (Lipinski definition) is 3. The van der Waals surface area contributed by atoms with E-state index in [4.69, 9.17) is 5.11 Å². The number of nitrogens with zero attached hydrogens (tertiary/aromatic N) is 2. The number of aliphatic carboxylic acids is 1. The van der Waals surface area contributed by atoms with E-state index in [-0.39, 0.29) is 17.2 Å². The maximum Gasteiger partial charge on any atom is 0.356 e. The molecule has 0 radical (unpaired) electrons. The van der Waals surface area contributed by atoms with E-state index < -0.39 is 5.97 Å². The molecule has 1 unspecified atom stereocenters. The van der Waals surface area contributed by atoms with Crippen LogP contribution >= 0.6 is 0 Å². The Kier molecular flexibility index (Phi) is 2.00. The van der Waals surface area contributed by atoms with Crippen LogP contribution in [-0.4, -0.2) is 17.1 Å². The van der Waals surface area contributed by atoms with Gasteiger partial charge in [0.1, 0.15) is 0 Å². The third-order valence-electron chi connectivity index (χ3n) is 1.71. The molecule has 0 bridgehead atoms. The van der Waals surface area contributed by atoms with E-state index >= 15 is 0 Å². The molecule has 12 heavy (non-hydrogen) atoms. The van der Waals surface area contributed by atoms with Crippen LogP contribution in [-0.2, 0) is 4.79 Å². The third kappa shape index (κ3) is 1.69. The van der Waals surface area contributed by atoms with Crippen molar-refractivity contribution in [3.8, 4) is 0 Å². The van der Waals surface area contributed by atoms with E-state index in [0.717, 1.165) is 0 Å². The van der Waals surface area contributed by atoms with E-state index in [0.29, 0.717) is 0 Å². The van der Waals surface area contributed by atoms with Gasteiger partial charge in [0.05, 0.1) is 6.04 Å². The van der Waals surface area contributed by atoms with Crippen LogP contribution in [0.15, 0.2) is 22.0 Å². The Balaban J connectivity index is 2.80. The van der Waals surface area contributed by atoms with Gasteiger partial charge in [-0.15, -0.1) is 5.11 Å². The summed E-state index contributed by atoms with van der Waals surface area (Å²) in [6, 6.07) is -0.108. The highest BCUT2D eigenvalue weighted by Gasteiger charge is 2.28. The Morgan fingerprint density at radius 2 is 2.17 bits per heavy atom. The number of hydrogen-bond donors (Lipinski definition) is 1. The summed E-state index contributed by atoms with van der Waals surface area (Å²) in [5.41, 5.74) is -0.00400. The number of carboxylic acid groups (broad SMARTS) is 1. The minimum absolute atomic E-state index is 0.0509. The highest BCUT2D eigenvalue weighted by atomic mass is 16.4. The Labute approximate surface area is 71.0 Å². The zero-order valence-electron chi connectivity index (χ0n) is 7.40. The molecule has 1 atom stereocenters. The van der Waals surface area contributed by atoms with Crippen molar-refractivity contribution in [2.45, 2.75) is 26.8 Å². The fourth-order valence-electron chi connectivity index (χ4n) is 0.878. The van der Waals surface area contributed by atoms with Crippen LogP contribution in [0.2, 0.25) is 0 Å². The molecule has 0 saturated heterocycles. The van der Waals surface area contributed by atoms with Crippen molar-refractivity contribution < 1.29 is 9.90 Å². The lowest BCUT2D eigenvalue weighted by molar-refractivity contribution is -0.132. The van der Waals surface area contributed by atoms with Crippen LogP contribution in [0.3, 0.4) is 0 Å². The fourth-order valence-corrected chi connectivity index (χ4v) is 0.878. The zero-order chi connectivity index (χ0) is 9.35. The van der Waals surface area contributed by atoms with Gasteiger partial charge >= 0.3 is 5.97 Å². The van der Waals surface area contributed by atoms with E-state index in [9.17, 15) is 4.79 Å². The molecule has 4 nitrogen and oxygen atoms in total. The Morgan fingerprint density at radius 1 is 1.58 bits per heavy atom. The minimum Gasteiger partial charge on any atom is -0.476 e. The molecule has 1 aliphatic rings. The Hall–Kier alpha value is -1.19. The van der Waals surface area contributed by atoms with Crippen LogP contribution in [0.5, 0.6) is 0 Å². The topological polar surface area (TPSA) is 62.0 Å². The van der Waals surface area contributed by atoms with E-state index in [2.05, 4.69) is 10.2 Å². The lowest BCUT2D eigenvalue weighted by Crippen LogP contribution is -2.20. The molecule has 0 aromatic carbocycles. The quantitative estimate of drug-likeness (QED) is 0.649. The Bertz CT molecular complexity index is 261. The van der Waals surface area contributed by atoms with E-state index in [1.807, 2.05) is 20.8 Å². The second-order valence-corrected chi connectivity index (χ2v) is 3.88. The predicted molar refractivity (Wildman–Crippen MR) is 43.8 cm³/mol. The maximum atomic E-state index is 10.5. The lowest BCUT2D eigenvalue weighted by atomic mass is 9.87. The second kappa shape index (κ2) is 2.69. The second-order valence-electron chi connectivity index (χ2n) is 3.88. The van der Waals surface area contributed by atoms with Crippen LogP contribution in [0.25, 0.3) is 0 Å². The summed E-state index contributed by atoms with van der Waals surface area (Å²) in [5.74, 6) is -1.01. The van der Waals surface area contributed by atoms with Gasteiger partial charge < -0.3 is 5.11 Å². The standard InChI is InChI=1S/C8H12N2O2/c1-8(2,3)6-4-5(7(11)12)9-10-6/h4,6H,1-3H3,(H,11,12). The van der Waals surface area contributed by atoms with Crippen molar-refractivity contribution in [2.24, 2.45) is 15.6 Å². The van der Waals surface area contributed by atoms with Gasteiger partial charge in [0.15, 0.2) is 5.70 Å². The fraction of sp³-hybridized carbons (Fsp3) is 0.625. The van der Waals surface area contributed by atoms with Crippen molar-refractivity contribution in [1.29, 1.82) is 0 Å². The molecule has 1 heterocycles. The first kappa shape index (κ1) is 8.90. The van der Waals surface area contributed by atoms with E-state index in [1.165, 1.54) is 0 Å². The number of carbonyl (C=O) groups is 1. The summed E-state index contributed by atoms with van der Waals surface area (Å²) < 4.78 is 0. The summed E-state index contributed by atoms with van der Waals surface area (Å²) in [6.07, 6.45) is 1.59. The van der Waals surface area contributed by atoms with E-state index in [1.54, 1.807) is 6.08 Å². The number of rotatable bonds is 1. The lowest BCUT2D eigenvalue weighted by Gasteiger charge is -2.20. The van der Waals surface area contributed by atoms with Crippen molar-refractivity contribution in [3.05, 3.63) is 11.8 Å². The van der Waals surface area contributed by atoms with Crippen molar-refractivity contribution >= 4 is 5.97 Å². The minimum atomic E-state index is -1.01. The molecule has 0 spiro atoms. The van der Waals surface area contributed by atoms with Gasteiger partial charge in [-0.05, 0) is 11.5 Å². The van der Waals surface area contributed by atoms with Crippen molar-refractivity contribution in [3.63, 3.8) is 0 Å². The van der Waals surface area contributed by atoms with Crippen LogP contribution in [0.4, 0.5) is 0 Å². The third-order valence-corrected chi connectivity index (χ3v) is 1.71. The highest BCUT2D eigenvalue weighted by molar-refractivity contribution is 5.86. The smallest absolute Gasteiger partial charge is 0.356 e. The van der Waals surface area contributed by atoms with Gasteiger partial charge in [0, 0.05) is 0 Å². The molecule has 1 N–H and O–H groups in total. The number of carboxylic acids is 1. The summed E-state index contributed by atoms with van der Waals surface area (Å²) in [4.78, 5) is 10.5. The summed E-state index contributed by atoms with van der Waals surface area (Å²) in [6.45, 7) is 5.99. The van der Waals surface area contributed by atoms with Gasteiger partial charge in [-0.2, -0.15) is 5.11 Å². The molecule has 0 saturated carbocycles. The summed E-state index contributed by atoms with van der Waals surface area (Å²) in [7, 11) is 0. The molecule has 0 fully saturated rings. The maximum absolute atomic E-state index is 10.5. The molecule has 0 aromatic rings. The zero-order valence-corrected chi connectivity index (χ0v) is 7.40. The van der Waals surface area contributed by atoms with Crippen LogP contribution in [0.1, 0.15) is 20.8 Å². The first-order valence-corrected chi connectivity index (χ1v) is 3.77. The van der Waals surface area contributed by atoms with Gasteiger partial charge in [-0.25, -0.2) is 4.79 Å². The monoisotopic (exact) mass is 168 g/mol. The molecule has 0 aliphatic carbocycles. The largest absolute Gasteiger partial charge is 0.476 e. The number of azo groups is 1. The molecular weight excluding hydrogens is 156 g/mol. The van der Waals surface area contributed by atoms with Crippen LogP contribution in [0, 0.1) is 5.41 Å². The average molecular weight is 168 g/mol. The highest BCUT2D eigenvalue weighted by Crippen LogP contribution is 2.28. The summed E-state index contributed by atoms with van der Waals surface area (Å²) in [5, 5.41) is 16.0. The molecule has 66 valence electrons. The SMILES string of the molecule is CC(C)(C)C1C=C(C(=O)O)N=N1. The molecule has 0 amide bonds. The van der Waals surface area contributed by atoms with Gasteiger partial charge in [-0.1, -0.05) is 20.8 Å². The van der Waals surface area contributed by atoms with Gasteiger partial charge in [0.25, 0.3) is 0 Å². The molecule has 1 aliphatic heterocycles. The first-order chi connectivity index (χ1) is 5.41. The van der Waals surface area contributed by atoms with Gasteiger partial charge in [-0.3, -0.25) is 0 Å². The molecule has 1 rings (SSSR count).